The summed E-state index contributed by atoms with van der Waals surface area (Å²) in [6.45, 7) is 2.80. The van der Waals surface area contributed by atoms with Crippen LogP contribution in [0, 0.1) is 0 Å². The molecule has 4 rings (SSSR count). The molecule has 8 heteroatoms. The summed E-state index contributed by atoms with van der Waals surface area (Å²) in [7, 11) is 0. The molecule has 2 aliphatic rings. The molecule has 2 aromatic carbocycles. The van der Waals surface area contributed by atoms with Crippen molar-refractivity contribution in [3.8, 4) is 0 Å². The number of carbonyl (C=O) groups is 2. The number of hydrogen-bond acceptors (Lipinski definition) is 5. The van der Waals surface area contributed by atoms with Gasteiger partial charge >= 0.3 is 0 Å². The molecule has 0 aromatic heterocycles. The van der Waals surface area contributed by atoms with Crippen LogP contribution in [0.2, 0.25) is 5.02 Å². The summed E-state index contributed by atoms with van der Waals surface area (Å²) in [5.74, 6) is -0.445. The SMILES string of the molecule is O=C1Nc2cc(Cl)ccc2N(C(=O)CNN2CCOCC2)c2ccccc21. The molecule has 2 amide bonds. The van der Waals surface area contributed by atoms with E-state index in [2.05, 4.69) is 10.7 Å². The molecule has 0 atom stereocenters. The Balaban J connectivity index is 1.68. The number of rotatable bonds is 3. The number of hydrazine groups is 1. The van der Waals surface area contributed by atoms with Gasteiger partial charge in [0, 0.05) is 18.1 Å². The molecule has 0 bridgehead atoms. The first kappa shape index (κ1) is 17.9. The monoisotopic (exact) mass is 386 g/mol. The third kappa shape index (κ3) is 3.68. The smallest absolute Gasteiger partial charge is 0.257 e. The van der Waals surface area contributed by atoms with E-state index in [1.165, 1.54) is 0 Å². The number of nitrogens with zero attached hydrogens (tertiary/aromatic N) is 2. The molecule has 2 heterocycles. The van der Waals surface area contributed by atoms with Crippen molar-refractivity contribution < 1.29 is 14.3 Å². The van der Waals surface area contributed by atoms with E-state index in [9.17, 15) is 9.59 Å². The average molecular weight is 387 g/mol. The number of benzene rings is 2. The number of carbonyl (C=O) groups excluding carboxylic acids is 2. The zero-order valence-corrected chi connectivity index (χ0v) is 15.3. The van der Waals surface area contributed by atoms with E-state index in [4.69, 9.17) is 16.3 Å². The first-order valence-corrected chi connectivity index (χ1v) is 9.10. The maximum atomic E-state index is 13.1. The van der Waals surface area contributed by atoms with Gasteiger partial charge < -0.3 is 10.1 Å². The molecule has 2 aliphatic heterocycles. The Morgan fingerprint density at radius 2 is 1.93 bits per heavy atom. The molecule has 0 saturated carbocycles. The summed E-state index contributed by atoms with van der Waals surface area (Å²) < 4.78 is 5.32. The van der Waals surface area contributed by atoms with Crippen LogP contribution in [0.5, 0.6) is 0 Å². The third-order valence-corrected chi connectivity index (χ3v) is 4.79. The number of nitrogens with one attached hydrogen (secondary N) is 2. The van der Waals surface area contributed by atoms with Gasteiger partial charge in [-0.1, -0.05) is 23.7 Å². The first-order chi connectivity index (χ1) is 13.1. The van der Waals surface area contributed by atoms with Gasteiger partial charge in [0.2, 0.25) is 5.91 Å². The fourth-order valence-corrected chi connectivity index (χ4v) is 3.40. The van der Waals surface area contributed by atoms with Crippen molar-refractivity contribution in [1.29, 1.82) is 0 Å². The Morgan fingerprint density at radius 1 is 1.15 bits per heavy atom. The highest BCUT2D eigenvalue weighted by Gasteiger charge is 2.29. The third-order valence-electron chi connectivity index (χ3n) is 4.55. The quantitative estimate of drug-likeness (QED) is 0.847. The number of para-hydroxylation sites is 1. The standard InChI is InChI=1S/C19H19ClN4O3/c20-13-5-6-17-15(11-13)22-19(26)14-3-1-2-4-16(14)24(17)18(25)12-21-23-7-9-27-10-8-23/h1-6,11,21H,7-10,12H2,(H,22,26). The second-order valence-electron chi connectivity index (χ2n) is 6.30. The summed E-state index contributed by atoms with van der Waals surface area (Å²) in [5, 5.41) is 5.30. The van der Waals surface area contributed by atoms with Crippen molar-refractivity contribution >= 4 is 40.5 Å². The number of halogens is 1. The van der Waals surface area contributed by atoms with Crippen molar-refractivity contribution in [1.82, 2.24) is 10.4 Å². The normalized spacial score (nSPS) is 16.9. The van der Waals surface area contributed by atoms with Gasteiger partial charge in [-0.2, -0.15) is 0 Å². The highest BCUT2D eigenvalue weighted by Crippen LogP contribution is 2.39. The van der Waals surface area contributed by atoms with Crippen molar-refractivity contribution in [3.63, 3.8) is 0 Å². The number of ether oxygens (including phenoxy) is 1. The fourth-order valence-electron chi connectivity index (χ4n) is 3.23. The molecule has 1 saturated heterocycles. The second-order valence-corrected chi connectivity index (χ2v) is 6.73. The Morgan fingerprint density at radius 3 is 2.74 bits per heavy atom. The molecular formula is C19H19ClN4O3. The van der Waals surface area contributed by atoms with Gasteiger partial charge in [-0.3, -0.25) is 14.5 Å². The van der Waals surface area contributed by atoms with E-state index in [0.29, 0.717) is 40.9 Å². The zero-order chi connectivity index (χ0) is 18.8. The topological polar surface area (TPSA) is 73.9 Å². The Kier molecular flexibility index (Phi) is 5.09. The first-order valence-electron chi connectivity index (χ1n) is 8.72. The summed E-state index contributed by atoms with van der Waals surface area (Å²) in [6, 6.07) is 12.1. The lowest BCUT2D eigenvalue weighted by molar-refractivity contribution is -0.118. The van der Waals surface area contributed by atoms with Gasteiger partial charge in [-0.05, 0) is 30.3 Å². The minimum absolute atomic E-state index is 0.102. The molecule has 0 radical (unpaired) electrons. The van der Waals surface area contributed by atoms with Gasteiger partial charge in [-0.25, -0.2) is 10.4 Å². The summed E-state index contributed by atoms with van der Waals surface area (Å²) in [6.07, 6.45) is 0. The lowest BCUT2D eigenvalue weighted by Gasteiger charge is -2.29. The highest BCUT2D eigenvalue weighted by molar-refractivity contribution is 6.31. The summed E-state index contributed by atoms with van der Waals surface area (Å²) >= 11 is 6.09. The lowest BCUT2D eigenvalue weighted by Crippen LogP contribution is -2.49. The van der Waals surface area contributed by atoms with Crippen molar-refractivity contribution in [2.75, 3.05) is 43.1 Å². The van der Waals surface area contributed by atoms with Gasteiger partial charge in [0.25, 0.3) is 5.91 Å². The number of fused-ring (bicyclic) bond motifs is 2. The number of amides is 2. The van der Waals surface area contributed by atoms with Crippen LogP contribution in [-0.2, 0) is 9.53 Å². The fraction of sp³-hybridized carbons (Fsp3) is 0.263. The predicted molar refractivity (Wildman–Crippen MR) is 103 cm³/mol. The maximum Gasteiger partial charge on any atom is 0.257 e. The van der Waals surface area contributed by atoms with Gasteiger partial charge in [0.15, 0.2) is 0 Å². The van der Waals surface area contributed by atoms with Crippen LogP contribution in [0.25, 0.3) is 0 Å². The van der Waals surface area contributed by atoms with Crippen LogP contribution in [0.3, 0.4) is 0 Å². The van der Waals surface area contributed by atoms with Crippen LogP contribution in [0.15, 0.2) is 42.5 Å². The van der Waals surface area contributed by atoms with Crippen LogP contribution in [-0.4, -0.2) is 49.7 Å². The Hall–Kier alpha value is -2.45. The largest absolute Gasteiger partial charge is 0.379 e. The van der Waals surface area contributed by atoms with Crippen LogP contribution < -0.4 is 15.6 Å². The Bertz CT molecular complexity index is 883. The van der Waals surface area contributed by atoms with E-state index in [1.807, 2.05) is 11.1 Å². The number of anilines is 3. The molecule has 7 nitrogen and oxygen atoms in total. The van der Waals surface area contributed by atoms with Crippen LogP contribution in [0.4, 0.5) is 17.1 Å². The highest BCUT2D eigenvalue weighted by atomic mass is 35.5. The van der Waals surface area contributed by atoms with E-state index in [1.54, 1.807) is 41.3 Å². The van der Waals surface area contributed by atoms with Crippen molar-refractivity contribution in [2.24, 2.45) is 0 Å². The minimum atomic E-state index is -0.273. The molecule has 140 valence electrons. The van der Waals surface area contributed by atoms with Gasteiger partial charge in [-0.15, -0.1) is 0 Å². The molecule has 0 unspecified atom stereocenters. The predicted octanol–water partition coefficient (Wildman–Crippen LogP) is 2.41. The Labute approximate surface area is 161 Å². The zero-order valence-electron chi connectivity index (χ0n) is 14.6. The van der Waals surface area contributed by atoms with Gasteiger partial charge in [0.1, 0.15) is 0 Å². The van der Waals surface area contributed by atoms with Gasteiger partial charge in [0.05, 0.1) is 42.4 Å². The molecule has 0 aliphatic carbocycles. The van der Waals surface area contributed by atoms with E-state index in [0.717, 1.165) is 13.1 Å². The van der Waals surface area contributed by atoms with Crippen molar-refractivity contribution in [3.05, 3.63) is 53.1 Å². The van der Waals surface area contributed by atoms with E-state index >= 15 is 0 Å². The molecular weight excluding hydrogens is 368 g/mol. The second kappa shape index (κ2) is 7.66. The number of morpholine rings is 1. The minimum Gasteiger partial charge on any atom is -0.379 e. The maximum absolute atomic E-state index is 13.1. The molecule has 27 heavy (non-hydrogen) atoms. The molecule has 2 N–H and O–H groups in total. The molecule has 1 fully saturated rings. The molecule has 0 spiro atoms. The molecule has 2 aromatic rings. The number of hydrogen-bond donors (Lipinski definition) is 2. The summed E-state index contributed by atoms with van der Waals surface area (Å²) in [4.78, 5) is 27.3. The van der Waals surface area contributed by atoms with Crippen LogP contribution >= 0.6 is 11.6 Å². The lowest BCUT2D eigenvalue weighted by atomic mass is 10.1. The summed E-state index contributed by atoms with van der Waals surface area (Å²) in [5.41, 5.74) is 5.23. The average Bonchev–Trinajstić information content (AvgIpc) is 2.81. The van der Waals surface area contributed by atoms with Crippen LogP contribution in [0.1, 0.15) is 10.4 Å². The van der Waals surface area contributed by atoms with E-state index in [-0.39, 0.29) is 18.4 Å². The van der Waals surface area contributed by atoms with Crippen molar-refractivity contribution in [2.45, 2.75) is 0 Å². The van der Waals surface area contributed by atoms with E-state index < -0.39 is 0 Å².